The van der Waals surface area contributed by atoms with Gasteiger partial charge in [0.05, 0.1) is 0 Å². The normalized spacial score (nSPS) is 11.8. The highest BCUT2D eigenvalue weighted by molar-refractivity contribution is 5.76. The largest absolute Gasteiger partial charge is 0.355 e. The molecule has 0 saturated carbocycles. The van der Waals surface area contributed by atoms with E-state index in [1.165, 1.54) is 5.56 Å². The van der Waals surface area contributed by atoms with E-state index in [2.05, 4.69) is 27.3 Å². The Hall–Kier alpha value is -2.40. The minimum absolute atomic E-state index is 0.0412. The standard InChI is InChI=1S/C18H24N4O/c1-14(19)11-17(23)21-12-16-9-6-10-20-18(16)22(2)13-15-7-4-3-5-8-15/h3-10,14H,11-13,19H2,1-2H3,(H,21,23)/t14-/m1/s1. The molecule has 5 nitrogen and oxygen atoms in total. The van der Waals surface area contributed by atoms with E-state index in [1.807, 2.05) is 44.3 Å². The molecule has 1 aromatic carbocycles. The molecule has 1 atom stereocenters. The molecule has 0 spiro atoms. The van der Waals surface area contributed by atoms with Crippen molar-refractivity contribution in [3.8, 4) is 0 Å². The number of benzene rings is 1. The van der Waals surface area contributed by atoms with Gasteiger partial charge in [0.2, 0.25) is 5.91 Å². The second-order valence-electron chi connectivity index (χ2n) is 5.79. The topological polar surface area (TPSA) is 71.2 Å². The molecule has 2 aromatic rings. The van der Waals surface area contributed by atoms with Crippen molar-refractivity contribution >= 4 is 11.7 Å². The van der Waals surface area contributed by atoms with Crippen LogP contribution in [0.4, 0.5) is 5.82 Å². The molecule has 0 saturated heterocycles. The quantitative estimate of drug-likeness (QED) is 0.821. The molecular weight excluding hydrogens is 288 g/mol. The molecule has 1 aromatic heterocycles. The highest BCUT2D eigenvalue weighted by Crippen LogP contribution is 2.18. The van der Waals surface area contributed by atoms with Gasteiger partial charge < -0.3 is 16.0 Å². The van der Waals surface area contributed by atoms with Crippen molar-refractivity contribution < 1.29 is 4.79 Å². The predicted octanol–water partition coefficient (Wildman–Crippen LogP) is 2.07. The fraction of sp³-hybridized carbons (Fsp3) is 0.333. The van der Waals surface area contributed by atoms with Gasteiger partial charge in [-0.05, 0) is 18.6 Å². The molecule has 0 bridgehead atoms. The van der Waals surface area contributed by atoms with Gasteiger partial charge in [-0.25, -0.2) is 4.98 Å². The van der Waals surface area contributed by atoms with Crippen molar-refractivity contribution in [3.05, 3.63) is 59.8 Å². The molecule has 5 heteroatoms. The molecule has 23 heavy (non-hydrogen) atoms. The van der Waals surface area contributed by atoms with Crippen LogP contribution < -0.4 is 16.0 Å². The third kappa shape index (κ3) is 5.38. The molecule has 122 valence electrons. The van der Waals surface area contributed by atoms with Crippen molar-refractivity contribution in [2.24, 2.45) is 5.73 Å². The first-order valence-corrected chi connectivity index (χ1v) is 7.77. The zero-order chi connectivity index (χ0) is 16.7. The van der Waals surface area contributed by atoms with Gasteiger partial charge in [0, 0.05) is 44.4 Å². The number of nitrogens with two attached hydrogens (primary N) is 1. The summed E-state index contributed by atoms with van der Waals surface area (Å²) in [5, 5.41) is 2.90. The lowest BCUT2D eigenvalue weighted by atomic mass is 10.2. The Labute approximate surface area is 137 Å². The third-order valence-electron chi connectivity index (χ3n) is 3.48. The van der Waals surface area contributed by atoms with Gasteiger partial charge in [0.1, 0.15) is 5.82 Å². The number of aromatic nitrogens is 1. The summed E-state index contributed by atoms with van der Waals surface area (Å²) in [5.41, 5.74) is 7.85. The van der Waals surface area contributed by atoms with Gasteiger partial charge in [0.25, 0.3) is 0 Å². The molecular formula is C18H24N4O. The van der Waals surface area contributed by atoms with E-state index in [4.69, 9.17) is 5.73 Å². The van der Waals surface area contributed by atoms with Gasteiger partial charge >= 0.3 is 0 Å². The molecule has 0 aliphatic heterocycles. The molecule has 1 heterocycles. The maximum absolute atomic E-state index is 11.8. The molecule has 0 unspecified atom stereocenters. The number of carbonyl (C=O) groups is 1. The number of amides is 1. The van der Waals surface area contributed by atoms with Crippen LogP contribution in [0.2, 0.25) is 0 Å². The van der Waals surface area contributed by atoms with Crippen molar-refractivity contribution in [2.45, 2.75) is 32.5 Å². The van der Waals surface area contributed by atoms with E-state index in [1.54, 1.807) is 6.20 Å². The van der Waals surface area contributed by atoms with E-state index >= 15 is 0 Å². The van der Waals surface area contributed by atoms with Crippen LogP contribution in [0, 0.1) is 0 Å². The summed E-state index contributed by atoms with van der Waals surface area (Å²) < 4.78 is 0. The molecule has 1 amide bonds. The third-order valence-corrected chi connectivity index (χ3v) is 3.48. The highest BCUT2D eigenvalue weighted by Gasteiger charge is 2.11. The molecule has 2 rings (SSSR count). The average Bonchev–Trinajstić information content (AvgIpc) is 2.53. The van der Waals surface area contributed by atoms with Crippen LogP contribution in [0.5, 0.6) is 0 Å². The fourth-order valence-corrected chi connectivity index (χ4v) is 2.40. The molecule has 0 radical (unpaired) electrons. The van der Waals surface area contributed by atoms with Gasteiger partial charge in [-0.15, -0.1) is 0 Å². The van der Waals surface area contributed by atoms with Gasteiger partial charge in [-0.2, -0.15) is 0 Å². The van der Waals surface area contributed by atoms with E-state index in [9.17, 15) is 4.79 Å². The summed E-state index contributed by atoms with van der Waals surface area (Å²) >= 11 is 0. The number of hydrogen-bond donors (Lipinski definition) is 2. The SMILES string of the molecule is C[C@@H](N)CC(=O)NCc1cccnc1N(C)Cc1ccccc1. The number of anilines is 1. The first kappa shape index (κ1) is 17.0. The lowest BCUT2D eigenvalue weighted by Gasteiger charge is -2.21. The van der Waals surface area contributed by atoms with Crippen LogP contribution in [-0.4, -0.2) is 24.0 Å². The zero-order valence-electron chi connectivity index (χ0n) is 13.7. The van der Waals surface area contributed by atoms with Crippen molar-refractivity contribution in [2.75, 3.05) is 11.9 Å². The first-order valence-electron chi connectivity index (χ1n) is 7.77. The maximum Gasteiger partial charge on any atom is 0.221 e. The lowest BCUT2D eigenvalue weighted by molar-refractivity contribution is -0.121. The average molecular weight is 312 g/mol. The Balaban J connectivity index is 2.03. The summed E-state index contributed by atoms with van der Waals surface area (Å²) in [6, 6.07) is 14.0. The van der Waals surface area contributed by atoms with Crippen LogP contribution in [0.1, 0.15) is 24.5 Å². The van der Waals surface area contributed by atoms with Gasteiger partial charge in [-0.1, -0.05) is 36.4 Å². The summed E-state index contributed by atoms with van der Waals surface area (Å²) in [6.07, 6.45) is 2.10. The number of rotatable bonds is 7. The van der Waals surface area contributed by atoms with Crippen LogP contribution in [0.3, 0.4) is 0 Å². The minimum atomic E-state index is -0.135. The lowest BCUT2D eigenvalue weighted by Crippen LogP contribution is -2.30. The van der Waals surface area contributed by atoms with Crippen molar-refractivity contribution in [1.29, 1.82) is 0 Å². The van der Waals surface area contributed by atoms with E-state index in [0.717, 1.165) is 17.9 Å². The van der Waals surface area contributed by atoms with E-state index in [-0.39, 0.29) is 11.9 Å². The monoisotopic (exact) mass is 312 g/mol. The van der Waals surface area contributed by atoms with Crippen molar-refractivity contribution in [1.82, 2.24) is 10.3 Å². The Kier molecular flexibility index (Phi) is 6.11. The second kappa shape index (κ2) is 8.29. The minimum Gasteiger partial charge on any atom is -0.355 e. The number of nitrogens with one attached hydrogen (secondary N) is 1. The van der Waals surface area contributed by atoms with Crippen molar-refractivity contribution in [3.63, 3.8) is 0 Å². The molecule has 3 N–H and O–H groups in total. The van der Waals surface area contributed by atoms with Crippen LogP contribution in [-0.2, 0) is 17.9 Å². The molecule has 0 aliphatic rings. The summed E-state index contributed by atoms with van der Waals surface area (Å²) in [7, 11) is 2.00. The number of pyridine rings is 1. The van der Waals surface area contributed by atoms with Crippen LogP contribution >= 0.6 is 0 Å². The number of carbonyl (C=O) groups excluding carboxylic acids is 1. The van der Waals surface area contributed by atoms with E-state index in [0.29, 0.717) is 13.0 Å². The fourth-order valence-electron chi connectivity index (χ4n) is 2.40. The van der Waals surface area contributed by atoms with Gasteiger partial charge in [-0.3, -0.25) is 4.79 Å². The highest BCUT2D eigenvalue weighted by atomic mass is 16.1. The second-order valence-corrected chi connectivity index (χ2v) is 5.79. The summed E-state index contributed by atoms with van der Waals surface area (Å²) in [4.78, 5) is 18.3. The molecule has 0 aliphatic carbocycles. The Morgan fingerprint density at radius 3 is 2.70 bits per heavy atom. The number of hydrogen-bond acceptors (Lipinski definition) is 4. The maximum atomic E-state index is 11.8. The zero-order valence-corrected chi connectivity index (χ0v) is 13.7. The van der Waals surface area contributed by atoms with Gasteiger partial charge in [0.15, 0.2) is 0 Å². The number of nitrogens with zero attached hydrogens (tertiary/aromatic N) is 2. The Bertz CT molecular complexity index is 628. The Morgan fingerprint density at radius 1 is 1.26 bits per heavy atom. The van der Waals surface area contributed by atoms with Crippen LogP contribution in [0.15, 0.2) is 48.7 Å². The first-order chi connectivity index (χ1) is 11.1. The predicted molar refractivity (Wildman–Crippen MR) is 92.9 cm³/mol. The van der Waals surface area contributed by atoms with Crippen LogP contribution in [0.25, 0.3) is 0 Å². The Morgan fingerprint density at radius 2 is 2.00 bits per heavy atom. The smallest absolute Gasteiger partial charge is 0.221 e. The summed E-state index contributed by atoms with van der Waals surface area (Å²) in [5.74, 6) is 0.831. The molecule has 0 fully saturated rings. The van der Waals surface area contributed by atoms with E-state index < -0.39 is 0 Å². The summed E-state index contributed by atoms with van der Waals surface area (Å²) in [6.45, 7) is 3.04.